The summed E-state index contributed by atoms with van der Waals surface area (Å²) in [6, 6.07) is 2.09. The van der Waals surface area contributed by atoms with Gasteiger partial charge in [-0.2, -0.15) is 15.3 Å². The summed E-state index contributed by atoms with van der Waals surface area (Å²) in [7, 11) is 1.86. The highest BCUT2D eigenvalue weighted by molar-refractivity contribution is 6.04. The molecule has 134 valence electrons. The first-order valence-corrected chi connectivity index (χ1v) is 8.75. The molecule has 2 aromatic heterocycles. The quantitative estimate of drug-likeness (QED) is 0.783. The summed E-state index contributed by atoms with van der Waals surface area (Å²) in [5, 5.41) is 18.2. The van der Waals surface area contributed by atoms with Gasteiger partial charge < -0.3 is 4.52 Å². The van der Waals surface area contributed by atoms with Gasteiger partial charge in [0.15, 0.2) is 11.6 Å². The molecule has 2 heterocycles. The maximum Gasteiger partial charge on any atom is 0.276 e. The third kappa shape index (κ3) is 1.99. The molecule has 0 saturated heterocycles. The second-order valence-corrected chi connectivity index (χ2v) is 8.04. The molecule has 0 saturated carbocycles. The Morgan fingerprint density at radius 1 is 1.38 bits per heavy atom. The molecule has 0 bridgehead atoms. The molecule has 0 aromatic carbocycles. The van der Waals surface area contributed by atoms with E-state index < -0.39 is 10.8 Å². The van der Waals surface area contributed by atoms with Crippen LogP contribution >= 0.6 is 0 Å². The summed E-state index contributed by atoms with van der Waals surface area (Å²) in [4.78, 5) is 17.1. The summed E-state index contributed by atoms with van der Waals surface area (Å²) < 4.78 is 7.15. The lowest BCUT2D eigenvalue weighted by molar-refractivity contribution is -0.128. The van der Waals surface area contributed by atoms with E-state index in [9.17, 15) is 10.1 Å². The van der Waals surface area contributed by atoms with Gasteiger partial charge in [0, 0.05) is 23.4 Å². The summed E-state index contributed by atoms with van der Waals surface area (Å²) in [6.07, 6.45) is 3.44. The molecule has 0 aliphatic heterocycles. The topological polar surface area (TPSA) is 97.6 Å². The molecule has 2 atom stereocenters. The predicted molar refractivity (Wildman–Crippen MR) is 92.9 cm³/mol. The first kappa shape index (κ1) is 16.7. The number of fused-ring (bicyclic) bond motifs is 3. The lowest BCUT2D eigenvalue weighted by atomic mass is 9.52. The van der Waals surface area contributed by atoms with Gasteiger partial charge >= 0.3 is 0 Å². The van der Waals surface area contributed by atoms with E-state index in [1.54, 1.807) is 11.6 Å². The number of aryl methyl sites for hydroxylation is 2. The van der Waals surface area contributed by atoms with E-state index in [-0.39, 0.29) is 17.3 Å². The molecular weight excluding hydrogens is 330 g/mol. The Kier molecular flexibility index (Phi) is 3.30. The van der Waals surface area contributed by atoms with Crippen LogP contribution in [-0.4, -0.2) is 25.7 Å². The Morgan fingerprint density at radius 2 is 2.12 bits per heavy atom. The fourth-order valence-corrected chi connectivity index (χ4v) is 4.88. The fraction of sp³-hybridized carbons (Fsp3) is 0.526. The van der Waals surface area contributed by atoms with Crippen molar-refractivity contribution in [1.29, 1.82) is 5.26 Å². The van der Waals surface area contributed by atoms with Crippen LogP contribution in [-0.2, 0) is 23.7 Å². The predicted octanol–water partition coefficient (Wildman–Crippen LogP) is 2.66. The van der Waals surface area contributed by atoms with Crippen molar-refractivity contribution in [1.82, 2.24) is 19.9 Å². The van der Waals surface area contributed by atoms with Crippen molar-refractivity contribution in [2.75, 3.05) is 0 Å². The van der Waals surface area contributed by atoms with Crippen molar-refractivity contribution in [3.8, 4) is 17.7 Å². The summed E-state index contributed by atoms with van der Waals surface area (Å²) in [6.45, 7) is 7.75. The summed E-state index contributed by atoms with van der Waals surface area (Å²) in [5.74, 6) is 1.04. The number of allylic oxidation sites excluding steroid dienone is 2. The van der Waals surface area contributed by atoms with Crippen LogP contribution in [0, 0.1) is 29.6 Å². The van der Waals surface area contributed by atoms with Crippen LogP contribution in [0.2, 0.25) is 0 Å². The first-order chi connectivity index (χ1) is 12.2. The third-order valence-corrected chi connectivity index (χ3v) is 6.06. The maximum absolute atomic E-state index is 12.7. The van der Waals surface area contributed by atoms with E-state index in [0.29, 0.717) is 11.7 Å². The number of carbonyl (C=O) groups is 1. The zero-order valence-corrected chi connectivity index (χ0v) is 15.6. The lowest BCUT2D eigenvalue weighted by Gasteiger charge is -2.49. The molecule has 2 aliphatic carbocycles. The number of carbonyl (C=O) groups excluding carboxylic acids is 1. The SMILES string of the molecule is Cc1noc(-c2c3c(nn2C)C2(C)C=C(C#N)C(=O)C(C)(C)C2CC3)n1. The Labute approximate surface area is 151 Å². The van der Waals surface area contributed by atoms with Gasteiger partial charge in [-0.3, -0.25) is 9.48 Å². The number of hydrogen-bond acceptors (Lipinski definition) is 6. The molecule has 26 heavy (non-hydrogen) atoms. The zero-order chi connectivity index (χ0) is 18.9. The van der Waals surface area contributed by atoms with Gasteiger partial charge in [-0.15, -0.1) is 0 Å². The van der Waals surface area contributed by atoms with Crippen molar-refractivity contribution < 1.29 is 9.32 Å². The van der Waals surface area contributed by atoms with Crippen LogP contribution in [0.3, 0.4) is 0 Å². The van der Waals surface area contributed by atoms with Gasteiger partial charge in [0.1, 0.15) is 11.8 Å². The molecule has 7 heteroatoms. The molecule has 2 aromatic rings. The first-order valence-electron chi connectivity index (χ1n) is 8.75. The molecule has 0 amide bonds. The fourth-order valence-electron chi connectivity index (χ4n) is 4.88. The van der Waals surface area contributed by atoms with Crippen LogP contribution in [0.4, 0.5) is 0 Å². The molecule has 7 nitrogen and oxygen atoms in total. The van der Waals surface area contributed by atoms with E-state index in [2.05, 4.69) is 23.1 Å². The maximum atomic E-state index is 12.7. The van der Waals surface area contributed by atoms with Crippen molar-refractivity contribution in [2.24, 2.45) is 18.4 Å². The second-order valence-electron chi connectivity index (χ2n) is 8.04. The number of Topliss-reactive ketones (excluding diaryl/α,β-unsaturated/α-hetero) is 1. The number of nitrogens with zero attached hydrogens (tertiary/aromatic N) is 5. The molecule has 0 fully saturated rings. The van der Waals surface area contributed by atoms with E-state index in [0.717, 1.165) is 29.8 Å². The minimum atomic E-state index is -0.606. The lowest BCUT2D eigenvalue weighted by Crippen LogP contribution is -2.51. The van der Waals surface area contributed by atoms with Gasteiger partial charge in [-0.1, -0.05) is 32.0 Å². The Balaban J connectivity index is 1.96. The van der Waals surface area contributed by atoms with Gasteiger partial charge in [0.25, 0.3) is 5.89 Å². The largest absolute Gasteiger partial charge is 0.332 e. The zero-order valence-electron chi connectivity index (χ0n) is 15.6. The average molecular weight is 351 g/mol. The minimum Gasteiger partial charge on any atom is -0.332 e. The Morgan fingerprint density at radius 3 is 2.73 bits per heavy atom. The number of ketones is 1. The van der Waals surface area contributed by atoms with E-state index in [1.807, 2.05) is 27.0 Å². The standard InChI is InChI=1S/C19H21N5O2/c1-10-21-17(26-23-10)14-12-6-7-13-18(2,3)16(25)11(9-20)8-19(13,4)15(12)22-24(14)5/h8,13H,6-7H2,1-5H3. The number of rotatable bonds is 1. The van der Waals surface area contributed by atoms with Crippen molar-refractivity contribution in [3.63, 3.8) is 0 Å². The average Bonchev–Trinajstić information content (AvgIpc) is 3.14. The van der Waals surface area contributed by atoms with E-state index in [4.69, 9.17) is 9.62 Å². The third-order valence-electron chi connectivity index (χ3n) is 6.06. The van der Waals surface area contributed by atoms with Gasteiger partial charge in [-0.25, -0.2) is 0 Å². The Bertz CT molecular complexity index is 1000. The van der Waals surface area contributed by atoms with Crippen LogP contribution in [0.1, 0.15) is 44.3 Å². The minimum absolute atomic E-state index is 0.0744. The summed E-state index contributed by atoms with van der Waals surface area (Å²) >= 11 is 0. The molecule has 2 aliphatic rings. The van der Waals surface area contributed by atoms with Crippen molar-refractivity contribution >= 4 is 5.78 Å². The second kappa shape index (κ2) is 5.13. The molecule has 0 radical (unpaired) electrons. The summed E-state index contributed by atoms with van der Waals surface area (Å²) in [5.41, 5.74) is 1.92. The van der Waals surface area contributed by atoms with Gasteiger partial charge in [0.05, 0.1) is 11.3 Å². The van der Waals surface area contributed by atoms with Crippen LogP contribution < -0.4 is 0 Å². The van der Waals surface area contributed by atoms with E-state index >= 15 is 0 Å². The Hall–Kier alpha value is -2.75. The highest BCUT2D eigenvalue weighted by atomic mass is 16.5. The number of aromatic nitrogens is 4. The number of hydrogen-bond donors (Lipinski definition) is 0. The highest BCUT2D eigenvalue weighted by Crippen LogP contribution is 2.55. The van der Waals surface area contributed by atoms with E-state index in [1.165, 1.54) is 0 Å². The molecule has 0 spiro atoms. The number of nitriles is 1. The van der Waals surface area contributed by atoms with Gasteiger partial charge in [-0.05, 0) is 25.7 Å². The van der Waals surface area contributed by atoms with Crippen molar-refractivity contribution in [3.05, 3.63) is 28.7 Å². The monoisotopic (exact) mass is 351 g/mol. The van der Waals surface area contributed by atoms with Crippen molar-refractivity contribution in [2.45, 2.75) is 46.0 Å². The van der Waals surface area contributed by atoms with Crippen LogP contribution in [0.25, 0.3) is 11.6 Å². The molecule has 2 unspecified atom stereocenters. The normalized spacial score (nSPS) is 26.7. The van der Waals surface area contributed by atoms with Gasteiger partial charge in [0.2, 0.25) is 0 Å². The molecular formula is C19H21N5O2. The molecule has 0 N–H and O–H groups in total. The van der Waals surface area contributed by atoms with Crippen LogP contribution in [0.15, 0.2) is 16.2 Å². The van der Waals surface area contributed by atoms with Crippen LogP contribution in [0.5, 0.6) is 0 Å². The smallest absolute Gasteiger partial charge is 0.276 e. The highest BCUT2D eigenvalue weighted by Gasteiger charge is 2.55. The molecule has 4 rings (SSSR count).